The van der Waals surface area contributed by atoms with Crippen LogP contribution in [0.25, 0.3) is 11.0 Å². The number of non-ortho nitro benzene ring substituents is 1. The number of H-pyrrole nitrogens is 1. The molecule has 0 spiro atoms. The zero-order valence-corrected chi connectivity index (χ0v) is 12.3. The second-order valence-corrected chi connectivity index (χ2v) is 5.07. The van der Waals surface area contributed by atoms with Gasteiger partial charge in [-0.05, 0) is 25.5 Å². The van der Waals surface area contributed by atoms with Gasteiger partial charge in [-0.2, -0.15) is 0 Å². The van der Waals surface area contributed by atoms with E-state index >= 15 is 0 Å². The van der Waals surface area contributed by atoms with E-state index in [2.05, 4.69) is 20.6 Å². The zero-order chi connectivity index (χ0) is 13.9. The molecule has 8 heteroatoms. The first kappa shape index (κ1) is 15.5. The number of nitro groups is 1. The van der Waals surface area contributed by atoms with Gasteiger partial charge in [-0.3, -0.25) is 10.1 Å². The van der Waals surface area contributed by atoms with Crippen LogP contribution in [-0.2, 0) is 0 Å². The highest BCUT2D eigenvalue weighted by atomic mass is 35.5. The number of halogens is 1. The van der Waals surface area contributed by atoms with Crippen LogP contribution in [0.1, 0.15) is 19.3 Å². The van der Waals surface area contributed by atoms with E-state index in [1.165, 1.54) is 31.4 Å². The molecule has 21 heavy (non-hydrogen) atoms. The second kappa shape index (κ2) is 6.73. The Morgan fingerprint density at radius 1 is 1.43 bits per heavy atom. The van der Waals surface area contributed by atoms with Crippen LogP contribution in [-0.4, -0.2) is 34.0 Å². The predicted octanol–water partition coefficient (Wildman–Crippen LogP) is 2.45. The van der Waals surface area contributed by atoms with Gasteiger partial charge in [0, 0.05) is 24.7 Å². The van der Waals surface area contributed by atoms with Crippen LogP contribution in [0.2, 0.25) is 0 Å². The third kappa shape index (κ3) is 3.62. The Hall–Kier alpha value is -1.86. The van der Waals surface area contributed by atoms with Crippen molar-refractivity contribution in [1.29, 1.82) is 0 Å². The molecule has 3 rings (SSSR count). The Morgan fingerprint density at radius 3 is 3.00 bits per heavy atom. The molecule has 2 heterocycles. The summed E-state index contributed by atoms with van der Waals surface area (Å²) in [5, 5.41) is 17.4. The number of nitrogens with one attached hydrogen (secondary N) is 3. The van der Waals surface area contributed by atoms with E-state index in [9.17, 15) is 10.1 Å². The summed E-state index contributed by atoms with van der Waals surface area (Å²) < 4.78 is 0. The van der Waals surface area contributed by atoms with Gasteiger partial charge in [0.1, 0.15) is 0 Å². The zero-order valence-electron chi connectivity index (χ0n) is 11.5. The summed E-state index contributed by atoms with van der Waals surface area (Å²) in [6, 6.07) is 5.10. The van der Waals surface area contributed by atoms with Gasteiger partial charge in [0.2, 0.25) is 5.95 Å². The minimum atomic E-state index is -0.403. The van der Waals surface area contributed by atoms with E-state index in [0.29, 0.717) is 17.5 Å². The molecule has 0 aliphatic carbocycles. The minimum absolute atomic E-state index is 0. The Labute approximate surface area is 128 Å². The number of rotatable bonds is 4. The van der Waals surface area contributed by atoms with Crippen LogP contribution < -0.4 is 10.6 Å². The van der Waals surface area contributed by atoms with E-state index < -0.39 is 4.92 Å². The first-order chi connectivity index (χ1) is 9.72. The molecule has 1 atom stereocenters. The first-order valence-electron chi connectivity index (χ1n) is 6.84. The summed E-state index contributed by atoms with van der Waals surface area (Å²) in [6.45, 7) is 1.88. The fraction of sp³-hybridized carbons (Fsp3) is 0.462. The Kier molecular flexibility index (Phi) is 4.98. The van der Waals surface area contributed by atoms with Crippen molar-refractivity contribution in [1.82, 2.24) is 15.3 Å². The van der Waals surface area contributed by atoms with Crippen LogP contribution in [0, 0.1) is 10.1 Å². The number of imidazole rings is 1. The highest BCUT2D eigenvalue weighted by molar-refractivity contribution is 5.85. The smallest absolute Gasteiger partial charge is 0.271 e. The lowest BCUT2D eigenvalue weighted by Crippen LogP contribution is -2.39. The molecule has 7 nitrogen and oxygen atoms in total. The van der Waals surface area contributed by atoms with Gasteiger partial charge in [0.05, 0.1) is 16.0 Å². The number of nitro benzene ring substituents is 1. The number of nitrogens with zero attached hydrogens (tertiary/aromatic N) is 2. The molecule has 1 aliphatic heterocycles. The number of fused-ring (bicyclic) bond motifs is 1. The number of piperidine rings is 1. The maximum Gasteiger partial charge on any atom is 0.271 e. The highest BCUT2D eigenvalue weighted by Crippen LogP contribution is 2.20. The van der Waals surface area contributed by atoms with Gasteiger partial charge >= 0.3 is 0 Å². The molecule has 0 bridgehead atoms. The topological polar surface area (TPSA) is 95.9 Å². The number of benzene rings is 1. The number of anilines is 1. The van der Waals surface area contributed by atoms with Crippen molar-refractivity contribution in [3.05, 3.63) is 28.3 Å². The molecule has 0 radical (unpaired) electrons. The van der Waals surface area contributed by atoms with Crippen LogP contribution in [0.3, 0.4) is 0 Å². The summed E-state index contributed by atoms with van der Waals surface area (Å²) in [6.07, 6.45) is 3.66. The Balaban J connectivity index is 0.00000161. The lowest BCUT2D eigenvalue weighted by molar-refractivity contribution is -0.384. The third-order valence-electron chi connectivity index (χ3n) is 3.60. The molecular weight excluding hydrogens is 294 g/mol. The van der Waals surface area contributed by atoms with Crippen molar-refractivity contribution in [2.24, 2.45) is 0 Å². The summed E-state index contributed by atoms with van der Waals surface area (Å²) in [4.78, 5) is 17.8. The van der Waals surface area contributed by atoms with Gasteiger partial charge < -0.3 is 15.6 Å². The molecule has 1 aromatic heterocycles. The largest absolute Gasteiger partial charge is 0.354 e. The van der Waals surface area contributed by atoms with Crippen molar-refractivity contribution >= 4 is 35.1 Å². The molecule has 1 aromatic carbocycles. The molecular formula is C13H18ClN5O2. The lowest BCUT2D eigenvalue weighted by Gasteiger charge is -2.23. The fourth-order valence-corrected chi connectivity index (χ4v) is 2.51. The summed E-state index contributed by atoms with van der Waals surface area (Å²) in [5.41, 5.74) is 1.48. The number of aromatic nitrogens is 2. The van der Waals surface area contributed by atoms with Crippen LogP contribution in [0.4, 0.5) is 11.6 Å². The average molecular weight is 312 g/mol. The van der Waals surface area contributed by atoms with Gasteiger partial charge in [0.25, 0.3) is 5.69 Å². The first-order valence-corrected chi connectivity index (χ1v) is 6.84. The van der Waals surface area contributed by atoms with Gasteiger partial charge in [-0.15, -0.1) is 12.4 Å². The van der Waals surface area contributed by atoms with E-state index in [-0.39, 0.29) is 18.1 Å². The van der Waals surface area contributed by atoms with E-state index in [4.69, 9.17) is 0 Å². The van der Waals surface area contributed by atoms with Gasteiger partial charge in [-0.1, -0.05) is 6.42 Å². The monoisotopic (exact) mass is 311 g/mol. The van der Waals surface area contributed by atoms with Crippen molar-refractivity contribution in [2.45, 2.75) is 25.3 Å². The van der Waals surface area contributed by atoms with Gasteiger partial charge in [0.15, 0.2) is 0 Å². The van der Waals surface area contributed by atoms with Crippen molar-refractivity contribution in [2.75, 3.05) is 18.4 Å². The quantitative estimate of drug-likeness (QED) is 0.595. The van der Waals surface area contributed by atoms with Crippen LogP contribution in [0.5, 0.6) is 0 Å². The summed E-state index contributed by atoms with van der Waals surface area (Å²) in [5.74, 6) is 0.660. The molecule has 0 saturated carbocycles. The molecule has 114 valence electrons. The molecule has 3 N–H and O–H groups in total. The lowest BCUT2D eigenvalue weighted by atomic mass is 10.1. The number of aromatic amines is 1. The maximum absolute atomic E-state index is 10.7. The van der Waals surface area contributed by atoms with Gasteiger partial charge in [-0.25, -0.2) is 4.98 Å². The molecule has 0 amide bonds. The predicted molar refractivity (Wildman–Crippen MR) is 84.1 cm³/mol. The third-order valence-corrected chi connectivity index (χ3v) is 3.60. The molecule has 2 aromatic rings. The van der Waals surface area contributed by atoms with Crippen molar-refractivity contribution in [3.8, 4) is 0 Å². The summed E-state index contributed by atoms with van der Waals surface area (Å²) in [7, 11) is 0. The second-order valence-electron chi connectivity index (χ2n) is 5.07. The normalized spacial score (nSPS) is 18.2. The number of hydrogen-bond acceptors (Lipinski definition) is 5. The van der Waals surface area contributed by atoms with Crippen LogP contribution in [0.15, 0.2) is 18.2 Å². The Bertz CT molecular complexity index is 624. The van der Waals surface area contributed by atoms with Crippen molar-refractivity contribution in [3.63, 3.8) is 0 Å². The summed E-state index contributed by atoms with van der Waals surface area (Å²) >= 11 is 0. The van der Waals surface area contributed by atoms with E-state index in [1.54, 1.807) is 6.07 Å². The Morgan fingerprint density at radius 2 is 2.29 bits per heavy atom. The molecule has 1 fully saturated rings. The standard InChI is InChI=1S/C13H17N5O2.ClH/c19-18(20)10-4-5-11-12(7-10)17-13(16-11)15-8-9-3-1-2-6-14-9;/h4-5,7,9,14H,1-3,6,8H2,(H2,15,16,17);1H. The minimum Gasteiger partial charge on any atom is -0.354 e. The van der Waals surface area contributed by atoms with Crippen molar-refractivity contribution < 1.29 is 4.92 Å². The molecule has 1 aliphatic rings. The number of hydrogen-bond donors (Lipinski definition) is 3. The fourth-order valence-electron chi connectivity index (χ4n) is 2.51. The van der Waals surface area contributed by atoms with Crippen LogP contribution >= 0.6 is 12.4 Å². The maximum atomic E-state index is 10.7. The van der Waals surface area contributed by atoms with E-state index in [1.807, 2.05) is 0 Å². The van der Waals surface area contributed by atoms with E-state index in [0.717, 1.165) is 18.6 Å². The highest BCUT2D eigenvalue weighted by Gasteiger charge is 2.13. The average Bonchev–Trinajstić information content (AvgIpc) is 2.88. The molecule has 1 unspecified atom stereocenters. The molecule has 1 saturated heterocycles. The SMILES string of the molecule is Cl.O=[N+]([O-])c1ccc2nc(NCC3CCCCN3)[nH]c2c1.